The van der Waals surface area contributed by atoms with E-state index in [1.54, 1.807) is 6.07 Å². The number of carbonyl (C=O) groups is 2. The number of hydrogen-bond acceptors (Lipinski definition) is 5. The van der Waals surface area contributed by atoms with Crippen molar-refractivity contribution in [1.82, 2.24) is 4.90 Å². The Morgan fingerprint density at radius 1 is 1.29 bits per heavy atom. The van der Waals surface area contributed by atoms with Gasteiger partial charge in [-0.3, -0.25) is 4.79 Å². The van der Waals surface area contributed by atoms with E-state index in [0.29, 0.717) is 31.2 Å². The number of carboxylic acid groups (broad SMARTS) is 1. The zero-order valence-corrected chi connectivity index (χ0v) is 14.3. The number of hydrogen-bond donors (Lipinski definition) is 1. The maximum atomic E-state index is 12.5. The fraction of sp³-hybridized carbons (Fsp3) is 0.647. The van der Waals surface area contributed by atoms with E-state index in [0.717, 1.165) is 42.5 Å². The molecule has 3 aliphatic rings. The quantitative estimate of drug-likeness (QED) is 0.882. The molecule has 24 heavy (non-hydrogen) atoms. The van der Waals surface area contributed by atoms with Crippen LogP contribution >= 0.6 is 11.3 Å². The van der Waals surface area contributed by atoms with Gasteiger partial charge in [0.05, 0.1) is 6.61 Å². The van der Waals surface area contributed by atoms with Crippen LogP contribution in [0, 0.1) is 0 Å². The number of likely N-dealkylation sites (tertiary alicyclic amines) is 1. The summed E-state index contributed by atoms with van der Waals surface area (Å²) in [5, 5.41) is 9.26. The molecule has 7 heteroatoms. The van der Waals surface area contributed by atoms with Crippen LogP contribution in [0.25, 0.3) is 0 Å². The first-order chi connectivity index (χ1) is 11.6. The molecule has 1 aromatic heterocycles. The van der Waals surface area contributed by atoms with Gasteiger partial charge in [0.1, 0.15) is 16.6 Å². The fourth-order valence-electron chi connectivity index (χ4n) is 3.96. The van der Waals surface area contributed by atoms with E-state index in [2.05, 4.69) is 0 Å². The first-order valence-electron chi connectivity index (χ1n) is 8.50. The van der Waals surface area contributed by atoms with Gasteiger partial charge in [0.25, 0.3) is 5.91 Å². The van der Waals surface area contributed by atoms with Gasteiger partial charge in [-0.25, -0.2) is 4.79 Å². The highest BCUT2D eigenvalue weighted by Crippen LogP contribution is 2.45. The van der Waals surface area contributed by atoms with Crippen LogP contribution in [0.2, 0.25) is 0 Å². The summed E-state index contributed by atoms with van der Waals surface area (Å²) in [5.74, 6) is -0.786. The number of amides is 1. The Hall–Kier alpha value is -1.44. The van der Waals surface area contributed by atoms with Crippen LogP contribution in [-0.2, 0) is 26.3 Å². The Labute approximate surface area is 144 Å². The van der Waals surface area contributed by atoms with Crippen molar-refractivity contribution in [2.75, 3.05) is 26.3 Å². The third kappa shape index (κ3) is 2.64. The van der Waals surface area contributed by atoms with E-state index in [1.807, 2.05) is 4.90 Å². The summed E-state index contributed by atoms with van der Waals surface area (Å²) in [6, 6.07) is 1.79. The molecular formula is C17H21NO5S. The normalized spacial score (nSPS) is 25.7. The summed E-state index contributed by atoms with van der Waals surface area (Å²) >= 11 is 1.33. The number of thiophene rings is 1. The van der Waals surface area contributed by atoms with E-state index in [-0.39, 0.29) is 12.0 Å². The van der Waals surface area contributed by atoms with Gasteiger partial charge in [0.2, 0.25) is 0 Å². The molecule has 1 unspecified atom stereocenters. The molecule has 0 saturated carbocycles. The first kappa shape index (κ1) is 16.1. The highest BCUT2D eigenvalue weighted by molar-refractivity contribution is 7.14. The lowest BCUT2D eigenvalue weighted by Gasteiger charge is -2.44. The predicted octanol–water partition coefficient (Wildman–Crippen LogP) is 2.02. The van der Waals surface area contributed by atoms with Crippen molar-refractivity contribution >= 4 is 23.2 Å². The summed E-state index contributed by atoms with van der Waals surface area (Å²) in [5.41, 5.74) is 0.682. The molecule has 0 aromatic carbocycles. The van der Waals surface area contributed by atoms with Crippen molar-refractivity contribution in [2.45, 2.75) is 43.8 Å². The number of carbonyl (C=O) groups excluding carboxylic acids is 1. The second kappa shape index (κ2) is 6.13. The second-order valence-corrected chi connectivity index (χ2v) is 7.74. The summed E-state index contributed by atoms with van der Waals surface area (Å²) in [7, 11) is 0. The number of nitrogens with zero attached hydrogens (tertiary/aromatic N) is 1. The number of piperidine rings is 1. The smallest absolute Gasteiger partial charge is 0.345 e. The molecule has 6 nitrogen and oxygen atoms in total. The van der Waals surface area contributed by atoms with Crippen LogP contribution in [-0.4, -0.2) is 54.3 Å². The van der Waals surface area contributed by atoms with Gasteiger partial charge in [-0.1, -0.05) is 0 Å². The minimum atomic E-state index is -0.879. The Morgan fingerprint density at radius 2 is 2.08 bits per heavy atom. The van der Waals surface area contributed by atoms with Gasteiger partial charge in [-0.2, -0.15) is 0 Å². The van der Waals surface area contributed by atoms with Crippen LogP contribution in [0.4, 0.5) is 0 Å². The van der Waals surface area contributed by atoms with Crippen LogP contribution in [0.5, 0.6) is 0 Å². The van der Waals surface area contributed by atoms with Crippen molar-refractivity contribution < 1.29 is 24.2 Å². The third-order valence-corrected chi connectivity index (χ3v) is 6.62. The summed E-state index contributed by atoms with van der Waals surface area (Å²) in [4.78, 5) is 27.1. The average molecular weight is 351 g/mol. The molecule has 2 fully saturated rings. The topological polar surface area (TPSA) is 76.1 Å². The van der Waals surface area contributed by atoms with Gasteiger partial charge in [0.15, 0.2) is 0 Å². The van der Waals surface area contributed by atoms with Gasteiger partial charge < -0.3 is 19.5 Å². The van der Waals surface area contributed by atoms with Gasteiger partial charge >= 0.3 is 5.97 Å². The Morgan fingerprint density at radius 3 is 2.75 bits per heavy atom. The number of aromatic carboxylic acids is 1. The lowest BCUT2D eigenvalue weighted by molar-refractivity contribution is -0.149. The van der Waals surface area contributed by atoms with Crippen LogP contribution in [0.15, 0.2) is 6.07 Å². The largest absolute Gasteiger partial charge is 0.477 e. The maximum Gasteiger partial charge on any atom is 0.345 e. The van der Waals surface area contributed by atoms with Crippen molar-refractivity contribution in [1.29, 1.82) is 0 Å². The molecule has 1 spiro atoms. The predicted molar refractivity (Wildman–Crippen MR) is 87.4 cm³/mol. The average Bonchev–Trinajstić information content (AvgIpc) is 3.25. The van der Waals surface area contributed by atoms with Crippen molar-refractivity contribution in [3.63, 3.8) is 0 Å². The zero-order valence-electron chi connectivity index (χ0n) is 13.5. The summed E-state index contributed by atoms with van der Waals surface area (Å²) in [6.07, 6.45) is 3.69. The molecule has 0 aliphatic carbocycles. The highest BCUT2D eigenvalue weighted by Gasteiger charge is 2.44. The number of fused-ring (bicyclic) bond motifs is 2. The molecule has 1 N–H and O–H groups in total. The monoisotopic (exact) mass is 351 g/mol. The van der Waals surface area contributed by atoms with Crippen molar-refractivity contribution in [3.05, 3.63) is 21.4 Å². The molecular weight excluding hydrogens is 330 g/mol. The Balaban J connectivity index is 1.51. The molecule has 4 rings (SSSR count). The lowest BCUT2D eigenvalue weighted by atomic mass is 9.85. The van der Waals surface area contributed by atoms with Crippen molar-refractivity contribution in [3.8, 4) is 0 Å². The van der Waals surface area contributed by atoms with E-state index in [1.165, 1.54) is 11.3 Å². The van der Waals surface area contributed by atoms with Crippen LogP contribution in [0.1, 0.15) is 45.8 Å². The van der Waals surface area contributed by atoms with E-state index in [4.69, 9.17) is 9.47 Å². The number of carboxylic acids is 1. The molecule has 1 amide bonds. The maximum absolute atomic E-state index is 12.5. The highest BCUT2D eigenvalue weighted by atomic mass is 32.1. The number of ether oxygens (including phenoxy) is 2. The van der Waals surface area contributed by atoms with Crippen LogP contribution in [0.3, 0.4) is 0 Å². The fourth-order valence-corrected chi connectivity index (χ4v) is 5.21. The Bertz CT molecular complexity index is 656. The van der Waals surface area contributed by atoms with Gasteiger partial charge in [0, 0.05) is 24.6 Å². The molecule has 4 heterocycles. The summed E-state index contributed by atoms with van der Waals surface area (Å²) < 4.78 is 11.6. The summed E-state index contributed by atoms with van der Waals surface area (Å²) in [6.45, 7) is 2.56. The van der Waals surface area contributed by atoms with Gasteiger partial charge in [-0.05, 0) is 43.7 Å². The first-order valence-corrected chi connectivity index (χ1v) is 9.31. The van der Waals surface area contributed by atoms with Crippen LogP contribution < -0.4 is 0 Å². The molecule has 2 saturated heterocycles. The molecule has 1 atom stereocenters. The minimum absolute atomic E-state index is 0.0933. The van der Waals surface area contributed by atoms with E-state index >= 15 is 0 Å². The van der Waals surface area contributed by atoms with E-state index in [9.17, 15) is 14.7 Å². The molecule has 1 aromatic rings. The minimum Gasteiger partial charge on any atom is -0.477 e. The second-order valence-electron chi connectivity index (χ2n) is 6.69. The third-order valence-electron chi connectivity index (χ3n) is 5.27. The SMILES string of the molecule is O=C(O)c1cc2c(s1)C1(CCN(C(=O)C3CCCO3)CC1)OCC2. The van der Waals surface area contributed by atoms with E-state index < -0.39 is 11.6 Å². The zero-order chi connectivity index (χ0) is 16.7. The van der Waals surface area contributed by atoms with Crippen molar-refractivity contribution in [2.24, 2.45) is 0 Å². The molecule has 130 valence electrons. The lowest BCUT2D eigenvalue weighted by Crippen LogP contribution is -2.50. The van der Waals surface area contributed by atoms with Gasteiger partial charge in [-0.15, -0.1) is 11.3 Å². The molecule has 0 radical (unpaired) electrons. The Kier molecular flexibility index (Phi) is 4.10. The standard InChI is InChI=1S/C17H21NO5S/c19-15(12-2-1-8-22-12)18-6-4-17(5-7-18)14-11(3-9-23-17)10-13(24-14)16(20)21/h10,12H,1-9H2,(H,20,21). The molecule has 3 aliphatic heterocycles. The number of rotatable bonds is 2. The molecule has 0 bridgehead atoms.